The van der Waals surface area contributed by atoms with Crippen LogP contribution in [0.4, 0.5) is 42.1 Å². The molecule has 3 aromatic rings. The van der Waals surface area contributed by atoms with Crippen molar-refractivity contribution in [2.75, 3.05) is 11.9 Å². The number of nitrogens with zero attached hydrogens (tertiary/aromatic N) is 1. The fourth-order valence-electron chi connectivity index (χ4n) is 3.31. The van der Waals surface area contributed by atoms with Crippen LogP contribution in [0.25, 0.3) is 0 Å². The Morgan fingerprint density at radius 2 is 1.41 bits per heavy atom. The summed E-state index contributed by atoms with van der Waals surface area (Å²) in [4.78, 5) is 34.6. The number of para-hydroxylation sites is 2. The second-order valence-electron chi connectivity index (χ2n) is 7.71. The summed E-state index contributed by atoms with van der Waals surface area (Å²) < 4.78 is 106. The predicted octanol–water partition coefficient (Wildman–Crippen LogP) is 5.93. The third-order valence-electron chi connectivity index (χ3n) is 5.12. The van der Waals surface area contributed by atoms with Crippen molar-refractivity contribution in [2.24, 2.45) is 0 Å². The van der Waals surface area contributed by atoms with Gasteiger partial charge >= 0.3 is 29.6 Å². The summed E-state index contributed by atoms with van der Waals surface area (Å²) >= 11 is 0. The van der Waals surface area contributed by atoms with E-state index in [-0.39, 0.29) is 11.4 Å². The van der Waals surface area contributed by atoms with Crippen LogP contribution in [0.5, 0.6) is 5.75 Å². The van der Waals surface area contributed by atoms with E-state index in [0.29, 0.717) is 48.5 Å². The number of hydrogen-bond acceptors (Lipinski definition) is 6. The van der Waals surface area contributed by atoms with Crippen molar-refractivity contribution in [3.63, 3.8) is 0 Å². The Morgan fingerprint density at radius 3 is 1.95 bits per heavy atom. The number of halogens is 7. The molecule has 0 bridgehead atoms. The minimum Gasteiger partial charge on any atom is -0.477 e. The molecule has 8 nitrogen and oxygen atoms in total. The molecule has 0 unspecified atom stereocenters. The molecule has 0 atom stereocenters. The van der Waals surface area contributed by atoms with Crippen LogP contribution < -0.4 is 10.1 Å². The Hall–Kier alpha value is -4.69. The standard InChI is InChI=1S/C24H15F7N2O6/c25-16-9-5-14(6-10-16)21(35)39-22(23(26,27)28,24(29,30)31)15-7-11-17(12-8-15)32-20(34)13-38-19-4-2-1-3-18(19)33(36)37/h1-12H,13H2,(H,32,34). The van der Waals surface area contributed by atoms with Crippen molar-refractivity contribution in [1.82, 2.24) is 0 Å². The van der Waals surface area contributed by atoms with E-state index in [1.165, 1.54) is 18.2 Å². The van der Waals surface area contributed by atoms with Gasteiger partial charge in [0.05, 0.1) is 10.5 Å². The lowest BCUT2D eigenvalue weighted by Gasteiger charge is -2.36. The van der Waals surface area contributed by atoms with Gasteiger partial charge in [-0.05, 0) is 42.5 Å². The lowest BCUT2D eigenvalue weighted by Crippen LogP contribution is -2.56. The molecule has 3 rings (SSSR count). The average molecular weight is 560 g/mol. The van der Waals surface area contributed by atoms with Gasteiger partial charge in [-0.2, -0.15) is 26.3 Å². The molecule has 0 heterocycles. The molecule has 1 amide bonds. The number of nitro groups is 1. The van der Waals surface area contributed by atoms with Gasteiger partial charge in [0.15, 0.2) is 12.4 Å². The molecular formula is C24H15F7N2O6. The smallest absolute Gasteiger partial charge is 0.442 e. The molecule has 0 radical (unpaired) electrons. The monoisotopic (exact) mass is 560 g/mol. The molecule has 0 saturated heterocycles. The number of alkyl halides is 6. The quantitative estimate of drug-likeness (QED) is 0.158. The second-order valence-corrected chi connectivity index (χ2v) is 7.71. The van der Waals surface area contributed by atoms with E-state index >= 15 is 0 Å². The van der Waals surface area contributed by atoms with Crippen LogP contribution in [0, 0.1) is 15.9 Å². The largest absolute Gasteiger partial charge is 0.477 e. The summed E-state index contributed by atoms with van der Waals surface area (Å²) in [6.07, 6.45) is -12.4. The van der Waals surface area contributed by atoms with Crippen LogP contribution in [-0.4, -0.2) is 35.8 Å². The van der Waals surface area contributed by atoms with Crippen LogP contribution in [0.15, 0.2) is 72.8 Å². The zero-order valence-electron chi connectivity index (χ0n) is 19.2. The lowest BCUT2D eigenvalue weighted by atomic mass is 9.91. The van der Waals surface area contributed by atoms with Gasteiger partial charge in [-0.15, -0.1) is 0 Å². The number of carbonyl (C=O) groups excluding carboxylic acids is 2. The Balaban J connectivity index is 1.84. The van der Waals surface area contributed by atoms with Crippen LogP contribution in [0.3, 0.4) is 0 Å². The number of carbonyl (C=O) groups is 2. The molecule has 0 saturated carbocycles. The lowest BCUT2D eigenvalue weighted by molar-refractivity contribution is -0.385. The molecular weight excluding hydrogens is 545 g/mol. The van der Waals surface area contributed by atoms with Crippen molar-refractivity contribution in [3.8, 4) is 5.75 Å². The maximum Gasteiger partial charge on any atom is 0.442 e. The number of ether oxygens (including phenoxy) is 2. The summed E-state index contributed by atoms with van der Waals surface area (Å²) in [7, 11) is 0. The molecule has 0 fully saturated rings. The van der Waals surface area contributed by atoms with Crippen LogP contribution in [0.1, 0.15) is 15.9 Å². The fourth-order valence-corrected chi connectivity index (χ4v) is 3.31. The first-order valence-corrected chi connectivity index (χ1v) is 10.5. The average Bonchev–Trinajstić information content (AvgIpc) is 2.85. The molecule has 0 aliphatic rings. The van der Waals surface area contributed by atoms with Crippen molar-refractivity contribution < 1.29 is 54.7 Å². The molecule has 1 N–H and O–H groups in total. The number of amides is 1. The van der Waals surface area contributed by atoms with E-state index in [4.69, 9.17) is 4.74 Å². The molecule has 15 heteroatoms. The van der Waals surface area contributed by atoms with E-state index < -0.39 is 64.0 Å². The number of hydrogen-bond donors (Lipinski definition) is 1. The van der Waals surface area contributed by atoms with E-state index in [1.54, 1.807) is 0 Å². The topological polar surface area (TPSA) is 108 Å². The summed E-state index contributed by atoms with van der Waals surface area (Å²) in [5, 5.41) is 13.1. The van der Waals surface area contributed by atoms with Gasteiger partial charge < -0.3 is 14.8 Å². The van der Waals surface area contributed by atoms with Gasteiger partial charge in [-0.25, -0.2) is 9.18 Å². The van der Waals surface area contributed by atoms with Crippen molar-refractivity contribution >= 4 is 23.3 Å². The predicted molar refractivity (Wildman–Crippen MR) is 119 cm³/mol. The number of anilines is 1. The van der Waals surface area contributed by atoms with E-state index in [9.17, 15) is 50.4 Å². The molecule has 3 aromatic carbocycles. The SMILES string of the molecule is O=C(COc1ccccc1[N+](=O)[O-])Nc1ccc(C(OC(=O)c2ccc(F)cc2)(C(F)(F)F)C(F)(F)F)cc1. The number of rotatable bonds is 8. The van der Waals surface area contributed by atoms with Gasteiger partial charge in [0, 0.05) is 17.3 Å². The first-order chi connectivity index (χ1) is 18.2. The second kappa shape index (κ2) is 11.0. The van der Waals surface area contributed by atoms with E-state index in [2.05, 4.69) is 10.1 Å². The molecule has 0 spiro atoms. The first-order valence-electron chi connectivity index (χ1n) is 10.5. The number of nitrogens with one attached hydrogen (secondary N) is 1. The number of benzene rings is 3. The third kappa shape index (κ3) is 6.25. The van der Waals surface area contributed by atoms with Crippen molar-refractivity contribution in [2.45, 2.75) is 18.0 Å². The highest BCUT2D eigenvalue weighted by Crippen LogP contribution is 2.53. The minimum absolute atomic E-state index is 0.254. The summed E-state index contributed by atoms with van der Waals surface area (Å²) in [5.41, 5.74) is -8.12. The number of esters is 1. The zero-order valence-corrected chi connectivity index (χ0v) is 19.2. The normalized spacial score (nSPS) is 12.0. The first kappa shape index (κ1) is 28.9. The van der Waals surface area contributed by atoms with Gasteiger partial charge in [-0.3, -0.25) is 14.9 Å². The fraction of sp³-hybridized carbons (Fsp3) is 0.167. The summed E-state index contributed by atoms with van der Waals surface area (Å²) in [6, 6.07) is 9.75. The van der Waals surface area contributed by atoms with Gasteiger partial charge in [0.1, 0.15) is 5.82 Å². The van der Waals surface area contributed by atoms with Gasteiger partial charge in [0.2, 0.25) is 0 Å². The Labute approximate surface area is 214 Å². The highest BCUT2D eigenvalue weighted by molar-refractivity contribution is 5.92. The van der Waals surface area contributed by atoms with E-state index in [1.807, 2.05) is 0 Å². The van der Waals surface area contributed by atoms with Crippen LogP contribution >= 0.6 is 0 Å². The van der Waals surface area contributed by atoms with E-state index in [0.717, 1.165) is 6.07 Å². The highest BCUT2D eigenvalue weighted by atomic mass is 19.4. The van der Waals surface area contributed by atoms with Gasteiger partial charge in [-0.1, -0.05) is 24.3 Å². The maximum atomic E-state index is 14.0. The minimum atomic E-state index is -6.19. The van der Waals surface area contributed by atoms with Crippen LogP contribution in [0.2, 0.25) is 0 Å². The molecule has 39 heavy (non-hydrogen) atoms. The highest BCUT2D eigenvalue weighted by Gasteiger charge is 2.75. The third-order valence-corrected chi connectivity index (χ3v) is 5.12. The summed E-state index contributed by atoms with van der Waals surface area (Å²) in [5.74, 6) is -4.11. The molecule has 0 aliphatic carbocycles. The van der Waals surface area contributed by atoms with Crippen molar-refractivity contribution in [1.29, 1.82) is 0 Å². The van der Waals surface area contributed by atoms with Crippen LogP contribution in [-0.2, 0) is 15.1 Å². The number of nitro benzene ring substituents is 1. The maximum absolute atomic E-state index is 14.0. The summed E-state index contributed by atoms with van der Waals surface area (Å²) in [6.45, 7) is -0.781. The zero-order chi connectivity index (χ0) is 29.0. The Kier molecular flexibility index (Phi) is 8.12. The van der Waals surface area contributed by atoms with Crippen molar-refractivity contribution in [3.05, 3.63) is 99.9 Å². The molecule has 206 valence electrons. The Morgan fingerprint density at radius 1 is 0.846 bits per heavy atom. The van der Waals surface area contributed by atoms with Gasteiger partial charge in [0.25, 0.3) is 5.91 Å². The Bertz CT molecular complexity index is 1340. The molecule has 0 aliphatic heterocycles. The molecule has 0 aromatic heterocycles.